The van der Waals surface area contributed by atoms with Gasteiger partial charge in [-0.2, -0.15) is 0 Å². The number of rotatable bonds is 5. The zero-order chi connectivity index (χ0) is 18.9. The van der Waals surface area contributed by atoms with Gasteiger partial charge in [-0.3, -0.25) is 4.98 Å². The average molecular weight is 376 g/mol. The van der Waals surface area contributed by atoms with Crippen molar-refractivity contribution < 1.29 is 23.0 Å². The summed E-state index contributed by atoms with van der Waals surface area (Å²) < 4.78 is 36.0. The molecule has 0 atom stereocenters. The van der Waals surface area contributed by atoms with Gasteiger partial charge < -0.3 is 10.2 Å². The molecule has 0 amide bonds. The van der Waals surface area contributed by atoms with E-state index >= 15 is 0 Å². The molecule has 1 aromatic heterocycles. The minimum absolute atomic E-state index is 0.122. The van der Waals surface area contributed by atoms with E-state index in [0.717, 1.165) is 6.20 Å². The quantitative estimate of drug-likeness (QED) is 0.728. The fraction of sp³-hybridized carbons (Fsp3) is 0.167. The molecule has 6 nitrogen and oxygen atoms in total. The smallest absolute Gasteiger partial charge is 0.239 e. The van der Waals surface area contributed by atoms with Gasteiger partial charge in [-0.25, -0.2) is 17.9 Å². The summed E-state index contributed by atoms with van der Waals surface area (Å²) in [6.07, 6.45) is 4.52. The van der Waals surface area contributed by atoms with Gasteiger partial charge >= 0.3 is 0 Å². The number of hydrogen-bond donors (Lipinski definition) is 3. The molecule has 1 heterocycles. The van der Waals surface area contributed by atoms with Gasteiger partial charge in [0.2, 0.25) is 10.0 Å². The molecule has 8 heteroatoms. The van der Waals surface area contributed by atoms with Crippen molar-refractivity contribution in [2.45, 2.75) is 4.90 Å². The number of hydrogen-bond acceptors (Lipinski definition) is 5. The summed E-state index contributed by atoms with van der Waals surface area (Å²) in [5.74, 6) is -0.385. The van der Waals surface area contributed by atoms with Crippen LogP contribution >= 0.6 is 0 Å². The van der Waals surface area contributed by atoms with Crippen LogP contribution in [0.5, 0.6) is 0 Å². The number of allylic oxidation sites excluding steroid dienone is 2. The maximum atomic E-state index is 13.2. The van der Waals surface area contributed by atoms with Crippen molar-refractivity contribution in [1.29, 1.82) is 0 Å². The molecular formula is C18H17FN2O4S. The molecule has 0 unspecified atom stereocenters. The lowest BCUT2D eigenvalue weighted by molar-refractivity contribution is 0.131. The summed E-state index contributed by atoms with van der Waals surface area (Å²) >= 11 is 0. The summed E-state index contributed by atoms with van der Waals surface area (Å²) in [4.78, 5) is 4.03. The van der Waals surface area contributed by atoms with Crippen LogP contribution in [0.2, 0.25) is 0 Å². The number of sulfonamides is 1. The van der Waals surface area contributed by atoms with Gasteiger partial charge in [0.25, 0.3) is 0 Å². The van der Waals surface area contributed by atoms with Crippen molar-refractivity contribution in [3.63, 3.8) is 0 Å². The van der Waals surface area contributed by atoms with E-state index in [9.17, 15) is 23.0 Å². The van der Waals surface area contributed by atoms with E-state index in [-0.39, 0.29) is 23.9 Å². The van der Waals surface area contributed by atoms with Crippen molar-refractivity contribution in [3.8, 4) is 0 Å². The van der Waals surface area contributed by atoms with Crippen LogP contribution in [0.4, 0.5) is 4.39 Å². The summed E-state index contributed by atoms with van der Waals surface area (Å²) in [5, 5.41) is 24.5. The van der Waals surface area contributed by atoms with E-state index in [1.54, 1.807) is 24.3 Å². The number of pyridine rings is 1. The first-order valence-electron chi connectivity index (χ1n) is 7.71. The molecular weight excluding hydrogens is 359 g/mol. The number of aromatic nitrogens is 1. The Kier molecular flexibility index (Phi) is 4.76. The highest BCUT2D eigenvalue weighted by atomic mass is 32.2. The number of aliphatic hydroxyl groups is 2. The number of nitrogens with zero attached hydrogens (tertiary/aromatic N) is 1. The normalized spacial score (nSPS) is 16.3. The van der Waals surface area contributed by atoms with Crippen molar-refractivity contribution in [2.75, 3.05) is 13.2 Å². The predicted molar refractivity (Wildman–Crippen MR) is 94.6 cm³/mol. The van der Waals surface area contributed by atoms with E-state index in [1.807, 2.05) is 0 Å². The molecule has 1 aliphatic rings. The van der Waals surface area contributed by atoms with Gasteiger partial charge in [0.1, 0.15) is 10.7 Å². The number of benzene rings is 1. The summed E-state index contributed by atoms with van der Waals surface area (Å²) in [6, 6.07) is 8.61. The summed E-state index contributed by atoms with van der Waals surface area (Å²) in [6.45, 7) is -0.653. The second-order valence-corrected chi connectivity index (χ2v) is 7.66. The lowest BCUT2D eigenvalue weighted by Gasteiger charge is -2.18. The molecule has 0 spiro atoms. The van der Waals surface area contributed by atoms with E-state index in [1.165, 1.54) is 24.3 Å². The molecule has 136 valence electrons. The van der Waals surface area contributed by atoms with Crippen LogP contribution < -0.4 is 5.14 Å². The first kappa shape index (κ1) is 18.4. The van der Waals surface area contributed by atoms with Crippen LogP contribution in [0, 0.1) is 11.2 Å². The largest absolute Gasteiger partial charge is 0.395 e. The fourth-order valence-electron chi connectivity index (χ4n) is 2.79. The third-order valence-electron chi connectivity index (χ3n) is 4.24. The Morgan fingerprint density at radius 1 is 1.00 bits per heavy atom. The van der Waals surface area contributed by atoms with Gasteiger partial charge in [0, 0.05) is 11.8 Å². The van der Waals surface area contributed by atoms with Crippen LogP contribution in [0.15, 0.2) is 59.6 Å². The summed E-state index contributed by atoms with van der Waals surface area (Å²) in [5.41, 5.74) is 1.39. The maximum absolute atomic E-state index is 13.2. The number of nitrogens with two attached hydrogens (primary N) is 1. The van der Waals surface area contributed by atoms with Crippen LogP contribution in [0.3, 0.4) is 0 Å². The van der Waals surface area contributed by atoms with Crippen LogP contribution in [0.25, 0.3) is 11.1 Å². The Morgan fingerprint density at radius 2 is 1.62 bits per heavy atom. The zero-order valence-corrected chi connectivity index (χ0v) is 14.4. The minimum atomic E-state index is -3.86. The van der Waals surface area contributed by atoms with Crippen LogP contribution in [0.1, 0.15) is 11.3 Å². The van der Waals surface area contributed by atoms with E-state index < -0.39 is 15.4 Å². The molecule has 3 rings (SSSR count). The Bertz CT molecular complexity index is 977. The van der Waals surface area contributed by atoms with Gasteiger partial charge in [-0.15, -0.1) is 0 Å². The van der Waals surface area contributed by atoms with Crippen molar-refractivity contribution >= 4 is 21.2 Å². The SMILES string of the molecule is NS(=O)(=O)c1ccc(C2=CC(CO)(CO)C=C2c2ccc(F)cc2)nc1. The molecule has 1 aliphatic carbocycles. The first-order valence-corrected chi connectivity index (χ1v) is 9.26. The maximum Gasteiger partial charge on any atom is 0.239 e. The molecule has 2 aromatic rings. The molecule has 0 aliphatic heterocycles. The number of aliphatic hydroxyl groups excluding tert-OH is 2. The van der Waals surface area contributed by atoms with Gasteiger partial charge in [-0.05, 0) is 35.4 Å². The Hall–Kier alpha value is -2.39. The van der Waals surface area contributed by atoms with Crippen molar-refractivity contribution in [3.05, 3.63) is 71.8 Å². The lowest BCUT2D eigenvalue weighted by atomic mass is 9.92. The van der Waals surface area contributed by atoms with Gasteiger partial charge in [0.05, 0.1) is 24.3 Å². The predicted octanol–water partition coefficient (Wildman–Crippen LogP) is 1.32. The standard InChI is InChI=1S/C18H17FN2O4S/c19-13-3-1-12(2-4-13)15-7-18(10-22,11-23)8-16(15)17-6-5-14(9-21-17)26(20,24)25/h1-9,22-23H,10-11H2,(H2,20,24,25). The molecule has 26 heavy (non-hydrogen) atoms. The molecule has 0 saturated carbocycles. The Labute approximate surface area is 150 Å². The van der Waals surface area contributed by atoms with Crippen LogP contribution in [-0.4, -0.2) is 36.8 Å². The molecule has 0 radical (unpaired) electrons. The molecule has 0 bridgehead atoms. The second kappa shape index (κ2) is 6.73. The van der Waals surface area contributed by atoms with E-state index in [2.05, 4.69) is 4.98 Å². The van der Waals surface area contributed by atoms with E-state index in [0.29, 0.717) is 22.4 Å². The number of primary sulfonamides is 1. The fourth-order valence-corrected chi connectivity index (χ4v) is 3.25. The minimum Gasteiger partial charge on any atom is -0.395 e. The topological polar surface area (TPSA) is 114 Å². The second-order valence-electron chi connectivity index (χ2n) is 6.10. The molecule has 4 N–H and O–H groups in total. The molecule has 1 aromatic carbocycles. The van der Waals surface area contributed by atoms with Gasteiger partial charge in [-0.1, -0.05) is 24.3 Å². The van der Waals surface area contributed by atoms with E-state index in [4.69, 9.17) is 5.14 Å². The molecule has 0 saturated heterocycles. The Morgan fingerprint density at radius 3 is 2.12 bits per heavy atom. The third kappa shape index (κ3) is 3.45. The first-order chi connectivity index (χ1) is 12.3. The lowest BCUT2D eigenvalue weighted by Crippen LogP contribution is -2.23. The molecule has 0 fully saturated rings. The zero-order valence-electron chi connectivity index (χ0n) is 13.6. The summed E-state index contributed by atoms with van der Waals surface area (Å²) in [7, 11) is -3.86. The highest BCUT2D eigenvalue weighted by molar-refractivity contribution is 7.89. The third-order valence-corrected chi connectivity index (χ3v) is 5.14. The monoisotopic (exact) mass is 376 g/mol. The number of halogens is 1. The Balaban J connectivity index is 2.10. The van der Waals surface area contributed by atoms with Crippen molar-refractivity contribution in [1.82, 2.24) is 4.98 Å². The highest BCUT2D eigenvalue weighted by Crippen LogP contribution is 2.43. The van der Waals surface area contributed by atoms with Crippen LogP contribution in [-0.2, 0) is 10.0 Å². The highest BCUT2D eigenvalue weighted by Gasteiger charge is 2.33. The van der Waals surface area contributed by atoms with Crippen molar-refractivity contribution in [2.24, 2.45) is 10.6 Å². The van der Waals surface area contributed by atoms with Gasteiger partial charge in [0.15, 0.2) is 0 Å². The average Bonchev–Trinajstić information content (AvgIpc) is 3.02.